The van der Waals surface area contributed by atoms with E-state index in [-0.39, 0.29) is 22.6 Å². The van der Waals surface area contributed by atoms with Crippen LogP contribution in [0.1, 0.15) is 59.8 Å². The Bertz CT molecular complexity index is 456. The maximum absolute atomic E-state index is 12.4. The van der Waals surface area contributed by atoms with Gasteiger partial charge < -0.3 is 5.32 Å². The van der Waals surface area contributed by atoms with Crippen LogP contribution in [-0.2, 0) is 10.0 Å². The molecule has 5 heteroatoms. The summed E-state index contributed by atoms with van der Waals surface area (Å²) in [6, 6.07) is 0.0948. The molecule has 0 saturated heterocycles. The maximum atomic E-state index is 12.4. The molecule has 0 aromatic carbocycles. The van der Waals surface area contributed by atoms with E-state index in [2.05, 4.69) is 37.7 Å². The van der Waals surface area contributed by atoms with Crippen LogP contribution in [0.2, 0.25) is 0 Å². The first-order chi connectivity index (χ1) is 9.71. The van der Waals surface area contributed by atoms with Gasteiger partial charge in [-0.15, -0.1) is 0 Å². The minimum Gasteiger partial charge on any atom is -0.317 e. The summed E-state index contributed by atoms with van der Waals surface area (Å²) >= 11 is 0. The summed E-state index contributed by atoms with van der Waals surface area (Å²) < 4.78 is 27.8. The van der Waals surface area contributed by atoms with Crippen LogP contribution < -0.4 is 10.0 Å². The second-order valence-corrected chi connectivity index (χ2v) is 9.76. The molecule has 21 heavy (non-hydrogen) atoms. The first-order valence-corrected chi connectivity index (χ1v) is 10.1. The Morgan fingerprint density at radius 2 is 1.90 bits per heavy atom. The second-order valence-electron chi connectivity index (χ2n) is 7.89. The molecule has 4 nitrogen and oxygen atoms in total. The highest BCUT2D eigenvalue weighted by Gasteiger charge is 2.60. The fourth-order valence-electron chi connectivity index (χ4n) is 4.52. The van der Waals surface area contributed by atoms with E-state index in [1.54, 1.807) is 0 Å². The monoisotopic (exact) mass is 316 g/mol. The van der Waals surface area contributed by atoms with Crippen molar-refractivity contribution in [2.75, 3.05) is 18.8 Å². The Kier molecular flexibility index (Phi) is 5.06. The molecule has 2 fully saturated rings. The van der Waals surface area contributed by atoms with Crippen molar-refractivity contribution in [3.05, 3.63) is 0 Å². The van der Waals surface area contributed by atoms with Gasteiger partial charge in [0.15, 0.2) is 0 Å². The molecule has 2 rings (SSSR count). The SMILES string of the molecule is CCCNCCCS(=O)(=O)NC1C2(C)CCC(C2)C1(C)C. The zero-order chi connectivity index (χ0) is 15.7. The molecule has 2 bridgehead atoms. The Labute approximate surface area is 130 Å². The van der Waals surface area contributed by atoms with E-state index in [1.165, 1.54) is 12.8 Å². The van der Waals surface area contributed by atoms with Gasteiger partial charge in [-0.2, -0.15) is 0 Å². The Morgan fingerprint density at radius 3 is 2.48 bits per heavy atom. The van der Waals surface area contributed by atoms with E-state index >= 15 is 0 Å². The lowest BCUT2D eigenvalue weighted by atomic mass is 9.69. The first-order valence-electron chi connectivity index (χ1n) is 8.42. The van der Waals surface area contributed by atoms with Crippen molar-refractivity contribution in [1.82, 2.24) is 10.0 Å². The van der Waals surface area contributed by atoms with Crippen molar-refractivity contribution in [1.29, 1.82) is 0 Å². The predicted octanol–water partition coefficient (Wildman–Crippen LogP) is 2.51. The van der Waals surface area contributed by atoms with Crippen LogP contribution in [0, 0.1) is 16.7 Å². The van der Waals surface area contributed by atoms with Gasteiger partial charge in [-0.1, -0.05) is 27.7 Å². The van der Waals surface area contributed by atoms with Crippen molar-refractivity contribution in [2.45, 2.75) is 65.8 Å². The third-order valence-corrected chi connectivity index (χ3v) is 7.18. The molecule has 2 aliphatic rings. The molecule has 3 unspecified atom stereocenters. The fourth-order valence-corrected chi connectivity index (χ4v) is 6.11. The highest BCUT2D eigenvalue weighted by molar-refractivity contribution is 7.89. The van der Waals surface area contributed by atoms with Crippen LogP contribution >= 0.6 is 0 Å². The number of hydrogen-bond acceptors (Lipinski definition) is 3. The predicted molar refractivity (Wildman–Crippen MR) is 87.7 cm³/mol. The highest BCUT2D eigenvalue weighted by atomic mass is 32.2. The number of sulfonamides is 1. The molecule has 0 aromatic rings. The zero-order valence-corrected chi connectivity index (χ0v) is 14.9. The molecule has 0 radical (unpaired) electrons. The molecule has 124 valence electrons. The topological polar surface area (TPSA) is 58.2 Å². The first kappa shape index (κ1) is 17.2. The van der Waals surface area contributed by atoms with Gasteiger partial charge in [-0.3, -0.25) is 0 Å². The minimum absolute atomic E-state index is 0.0839. The van der Waals surface area contributed by atoms with E-state index in [9.17, 15) is 8.42 Å². The minimum atomic E-state index is -3.17. The second kappa shape index (κ2) is 6.17. The highest BCUT2D eigenvalue weighted by Crippen LogP contribution is 2.62. The van der Waals surface area contributed by atoms with Gasteiger partial charge in [-0.25, -0.2) is 13.1 Å². The fraction of sp³-hybridized carbons (Fsp3) is 1.00. The van der Waals surface area contributed by atoms with Crippen molar-refractivity contribution in [2.24, 2.45) is 16.7 Å². The summed E-state index contributed by atoms with van der Waals surface area (Å²) in [7, 11) is -3.17. The van der Waals surface area contributed by atoms with Crippen molar-refractivity contribution in [3.63, 3.8) is 0 Å². The molecule has 3 atom stereocenters. The summed E-state index contributed by atoms with van der Waals surface area (Å²) in [6.45, 7) is 10.6. The molecule has 2 saturated carbocycles. The van der Waals surface area contributed by atoms with Crippen LogP contribution in [0.4, 0.5) is 0 Å². The van der Waals surface area contributed by atoms with Gasteiger partial charge in [0, 0.05) is 6.04 Å². The number of rotatable bonds is 8. The Morgan fingerprint density at radius 1 is 1.19 bits per heavy atom. The molecule has 0 aromatic heterocycles. The molecule has 2 aliphatic carbocycles. The normalized spacial score (nSPS) is 34.5. The van der Waals surface area contributed by atoms with E-state index in [4.69, 9.17) is 0 Å². The lowest BCUT2D eigenvalue weighted by molar-refractivity contribution is 0.127. The molecule has 0 aliphatic heterocycles. The van der Waals surface area contributed by atoms with E-state index in [1.807, 2.05) is 0 Å². The van der Waals surface area contributed by atoms with E-state index in [0.29, 0.717) is 12.3 Å². The van der Waals surface area contributed by atoms with Gasteiger partial charge in [0.05, 0.1) is 5.75 Å². The average Bonchev–Trinajstić information content (AvgIpc) is 2.86. The lowest BCUT2D eigenvalue weighted by Crippen LogP contribution is -2.52. The smallest absolute Gasteiger partial charge is 0.211 e. The third kappa shape index (κ3) is 3.62. The zero-order valence-electron chi connectivity index (χ0n) is 14.0. The number of fused-ring (bicyclic) bond motifs is 2. The average molecular weight is 317 g/mol. The summed E-state index contributed by atoms with van der Waals surface area (Å²) in [5, 5.41) is 3.26. The van der Waals surface area contributed by atoms with Gasteiger partial charge in [0.25, 0.3) is 0 Å². The van der Waals surface area contributed by atoms with E-state index in [0.717, 1.165) is 25.9 Å². The Balaban J connectivity index is 1.91. The maximum Gasteiger partial charge on any atom is 0.211 e. The molecule has 0 heterocycles. The van der Waals surface area contributed by atoms with Crippen molar-refractivity contribution in [3.8, 4) is 0 Å². The van der Waals surface area contributed by atoms with Gasteiger partial charge in [-0.05, 0) is 61.9 Å². The van der Waals surface area contributed by atoms with Crippen LogP contribution in [0.3, 0.4) is 0 Å². The lowest BCUT2D eigenvalue weighted by Gasteiger charge is -2.42. The van der Waals surface area contributed by atoms with Crippen molar-refractivity contribution < 1.29 is 8.42 Å². The Hall–Kier alpha value is -0.130. The van der Waals surface area contributed by atoms with Crippen LogP contribution in [0.5, 0.6) is 0 Å². The van der Waals surface area contributed by atoms with Crippen molar-refractivity contribution >= 4 is 10.0 Å². The molecule has 0 amide bonds. The summed E-state index contributed by atoms with van der Waals surface area (Å²) in [4.78, 5) is 0. The largest absolute Gasteiger partial charge is 0.317 e. The van der Waals surface area contributed by atoms with Gasteiger partial charge >= 0.3 is 0 Å². The standard InChI is InChI=1S/C16H32N2O2S/c1-5-9-17-10-6-11-21(19,20)18-14-15(2,3)13-7-8-16(14,4)12-13/h13-14,17-18H,5-12H2,1-4H3. The van der Waals surface area contributed by atoms with Gasteiger partial charge in [0.1, 0.15) is 0 Å². The summed E-state index contributed by atoms with van der Waals surface area (Å²) in [5.74, 6) is 0.901. The van der Waals surface area contributed by atoms with E-state index < -0.39 is 10.0 Å². The number of hydrogen-bond donors (Lipinski definition) is 2. The van der Waals surface area contributed by atoms with Crippen LogP contribution in [-0.4, -0.2) is 33.3 Å². The number of nitrogens with one attached hydrogen (secondary N) is 2. The third-order valence-electron chi connectivity index (χ3n) is 5.76. The molecular weight excluding hydrogens is 284 g/mol. The quantitative estimate of drug-likeness (QED) is 0.677. The summed E-state index contributed by atoms with van der Waals surface area (Å²) in [6.07, 6.45) is 5.35. The van der Waals surface area contributed by atoms with Gasteiger partial charge in [0.2, 0.25) is 10.0 Å². The molecular formula is C16H32N2O2S. The molecule has 2 N–H and O–H groups in total. The van der Waals surface area contributed by atoms with Crippen LogP contribution in [0.15, 0.2) is 0 Å². The summed E-state index contributed by atoms with van der Waals surface area (Å²) in [5.41, 5.74) is 0.238. The van der Waals surface area contributed by atoms with Crippen LogP contribution in [0.25, 0.3) is 0 Å². The molecule has 0 spiro atoms.